The third-order valence-corrected chi connectivity index (χ3v) is 4.20. The van der Waals surface area contributed by atoms with Crippen LogP contribution in [0.15, 0.2) is 36.4 Å². The zero-order valence-corrected chi connectivity index (χ0v) is 12.8. The van der Waals surface area contributed by atoms with Crippen LogP contribution < -0.4 is 4.74 Å². The van der Waals surface area contributed by atoms with E-state index in [0.717, 1.165) is 23.5 Å². The van der Waals surface area contributed by atoms with Crippen molar-refractivity contribution in [3.63, 3.8) is 0 Å². The van der Waals surface area contributed by atoms with E-state index < -0.39 is 23.7 Å². The maximum Gasteiger partial charge on any atom is 0.416 e. The van der Waals surface area contributed by atoms with Gasteiger partial charge < -0.3 is 9.53 Å². The molecule has 0 aromatic heterocycles. The second kappa shape index (κ2) is 6.46. The maximum atomic E-state index is 13.1. The zero-order chi connectivity index (χ0) is 18.2. The average Bonchev–Trinajstić information content (AvgIpc) is 2.52. The fourth-order valence-corrected chi connectivity index (χ4v) is 2.91. The standard InChI is InChI=1S/C18H13F5O2/c19-17(20)15-9-12(18(21,22)23)1-4-16(15)25-13-2-3-14-10(5-6-24)7-11(14)8-13/h1-4,6,8-10,17H,5,7H2. The van der Waals surface area contributed by atoms with Gasteiger partial charge >= 0.3 is 6.18 Å². The Morgan fingerprint density at radius 1 is 1.16 bits per heavy atom. The van der Waals surface area contributed by atoms with Crippen molar-refractivity contribution in [1.29, 1.82) is 0 Å². The number of alkyl halides is 5. The molecule has 0 radical (unpaired) electrons. The lowest BCUT2D eigenvalue weighted by atomic mass is 9.76. The minimum absolute atomic E-state index is 0.157. The normalized spacial score (nSPS) is 16.3. The quantitative estimate of drug-likeness (QED) is 0.510. The number of hydrogen-bond donors (Lipinski definition) is 0. The molecule has 2 nitrogen and oxygen atoms in total. The molecule has 1 unspecified atom stereocenters. The first kappa shape index (κ1) is 17.4. The molecular weight excluding hydrogens is 343 g/mol. The van der Waals surface area contributed by atoms with E-state index in [1.165, 1.54) is 0 Å². The van der Waals surface area contributed by atoms with Crippen LogP contribution in [0, 0.1) is 0 Å². The number of hydrogen-bond acceptors (Lipinski definition) is 2. The number of carbonyl (C=O) groups is 1. The molecule has 1 atom stereocenters. The smallest absolute Gasteiger partial charge is 0.416 e. The Kier molecular flexibility index (Phi) is 4.49. The summed E-state index contributed by atoms with van der Waals surface area (Å²) in [5.74, 6) is 0.112. The first-order valence-electron chi connectivity index (χ1n) is 7.53. The van der Waals surface area contributed by atoms with E-state index >= 15 is 0 Å². The predicted octanol–water partition coefficient (Wildman–Crippen LogP) is 5.66. The van der Waals surface area contributed by atoms with Crippen LogP contribution >= 0.6 is 0 Å². The summed E-state index contributed by atoms with van der Waals surface area (Å²) in [5, 5.41) is 0. The van der Waals surface area contributed by atoms with E-state index in [9.17, 15) is 26.7 Å². The summed E-state index contributed by atoms with van der Waals surface area (Å²) < 4.78 is 69.7. The fraction of sp³-hybridized carbons (Fsp3) is 0.278. The van der Waals surface area contributed by atoms with Crippen LogP contribution in [0.25, 0.3) is 0 Å². The van der Waals surface area contributed by atoms with Gasteiger partial charge in [0.1, 0.15) is 17.8 Å². The van der Waals surface area contributed by atoms with Gasteiger partial charge in [-0.15, -0.1) is 0 Å². The Hall–Kier alpha value is -2.44. The second-order valence-electron chi connectivity index (χ2n) is 5.82. The van der Waals surface area contributed by atoms with Crippen molar-refractivity contribution in [3.05, 3.63) is 58.7 Å². The van der Waals surface area contributed by atoms with Crippen molar-refractivity contribution in [2.24, 2.45) is 0 Å². The molecular formula is C18H13F5O2. The maximum absolute atomic E-state index is 13.1. The minimum Gasteiger partial charge on any atom is -0.457 e. The Bertz CT molecular complexity index is 799. The molecule has 0 bridgehead atoms. The predicted molar refractivity (Wildman–Crippen MR) is 80.0 cm³/mol. The zero-order valence-electron chi connectivity index (χ0n) is 12.8. The van der Waals surface area contributed by atoms with E-state index in [4.69, 9.17) is 4.74 Å². The number of rotatable bonds is 5. The van der Waals surface area contributed by atoms with Crippen molar-refractivity contribution in [2.75, 3.05) is 0 Å². The number of aldehydes is 1. The van der Waals surface area contributed by atoms with Crippen molar-refractivity contribution in [3.8, 4) is 11.5 Å². The molecule has 0 saturated carbocycles. The number of carbonyl (C=O) groups excluding carboxylic acids is 1. The van der Waals surface area contributed by atoms with Gasteiger partial charge in [0, 0.05) is 6.42 Å². The molecule has 1 aliphatic carbocycles. The molecule has 0 amide bonds. The molecule has 0 fully saturated rings. The number of halogens is 5. The summed E-state index contributed by atoms with van der Waals surface area (Å²) in [6.07, 6.45) is -5.86. The van der Waals surface area contributed by atoms with Gasteiger partial charge in [0.2, 0.25) is 0 Å². The molecule has 132 valence electrons. The van der Waals surface area contributed by atoms with Crippen molar-refractivity contribution >= 4 is 6.29 Å². The molecule has 25 heavy (non-hydrogen) atoms. The minimum atomic E-state index is -4.70. The van der Waals surface area contributed by atoms with E-state index in [2.05, 4.69) is 0 Å². The molecule has 1 aliphatic rings. The van der Waals surface area contributed by atoms with Crippen LogP contribution in [0.4, 0.5) is 22.0 Å². The largest absolute Gasteiger partial charge is 0.457 e. The lowest BCUT2D eigenvalue weighted by Gasteiger charge is -2.29. The lowest BCUT2D eigenvalue weighted by molar-refractivity contribution is -0.137. The average molecular weight is 356 g/mol. The molecule has 7 heteroatoms. The summed E-state index contributed by atoms with van der Waals surface area (Å²) in [5.41, 5.74) is -0.0174. The summed E-state index contributed by atoms with van der Waals surface area (Å²) in [4.78, 5) is 10.5. The van der Waals surface area contributed by atoms with Crippen LogP contribution in [0.5, 0.6) is 11.5 Å². The van der Waals surface area contributed by atoms with Gasteiger partial charge in [-0.1, -0.05) is 6.07 Å². The SMILES string of the molecule is O=CCC1Cc2cc(Oc3ccc(C(F)(F)F)cc3C(F)F)ccc21. The van der Waals surface area contributed by atoms with E-state index in [0.29, 0.717) is 25.0 Å². The van der Waals surface area contributed by atoms with Crippen LogP contribution in [0.2, 0.25) is 0 Å². The van der Waals surface area contributed by atoms with Gasteiger partial charge in [-0.2, -0.15) is 13.2 Å². The number of ether oxygens (including phenoxy) is 1. The van der Waals surface area contributed by atoms with Gasteiger partial charge in [-0.3, -0.25) is 0 Å². The molecule has 0 N–H and O–H groups in total. The molecule has 0 heterocycles. The Balaban J connectivity index is 1.86. The number of benzene rings is 2. The van der Waals surface area contributed by atoms with Gasteiger partial charge in [0.05, 0.1) is 11.1 Å². The fourth-order valence-electron chi connectivity index (χ4n) is 2.91. The highest BCUT2D eigenvalue weighted by atomic mass is 19.4. The molecule has 0 saturated heterocycles. The van der Waals surface area contributed by atoms with Crippen LogP contribution in [-0.4, -0.2) is 6.29 Å². The van der Waals surface area contributed by atoms with E-state index in [1.807, 2.05) is 0 Å². The van der Waals surface area contributed by atoms with Gasteiger partial charge in [0.15, 0.2) is 0 Å². The van der Waals surface area contributed by atoms with Crippen molar-refractivity contribution in [2.45, 2.75) is 31.4 Å². The monoisotopic (exact) mass is 356 g/mol. The number of fused-ring (bicyclic) bond motifs is 1. The summed E-state index contributed by atoms with van der Waals surface area (Å²) in [7, 11) is 0. The Morgan fingerprint density at radius 3 is 2.52 bits per heavy atom. The highest BCUT2D eigenvalue weighted by molar-refractivity contribution is 5.56. The van der Waals surface area contributed by atoms with Crippen LogP contribution in [0.1, 0.15) is 41.0 Å². The Labute approximate surface area is 140 Å². The molecule has 0 spiro atoms. The molecule has 3 rings (SSSR count). The second-order valence-corrected chi connectivity index (χ2v) is 5.82. The van der Waals surface area contributed by atoms with Crippen LogP contribution in [-0.2, 0) is 17.4 Å². The van der Waals surface area contributed by atoms with Gasteiger partial charge in [-0.05, 0) is 53.8 Å². The van der Waals surface area contributed by atoms with E-state index in [-0.39, 0.29) is 17.4 Å². The van der Waals surface area contributed by atoms with E-state index in [1.54, 1.807) is 18.2 Å². The first-order valence-corrected chi connectivity index (χ1v) is 7.53. The van der Waals surface area contributed by atoms with Gasteiger partial charge in [-0.25, -0.2) is 8.78 Å². The summed E-state index contributed by atoms with van der Waals surface area (Å²) in [6.45, 7) is 0. The summed E-state index contributed by atoms with van der Waals surface area (Å²) in [6, 6.07) is 6.98. The van der Waals surface area contributed by atoms with Crippen molar-refractivity contribution < 1.29 is 31.5 Å². The third-order valence-electron chi connectivity index (χ3n) is 4.20. The topological polar surface area (TPSA) is 26.3 Å². The molecule has 2 aromatic rings. The molecule has 0 aliphatic heterocycles. The van der Waals surface area contributed by atoms with Crippen LogP contribution in [0.3, 0.4) is 0 Å². The third kappa shape index (κ3) is 3.50. The highest BCUT2D eigenvalue weighted by Gasteiger charge is 2.32. The molecule has 2 aromatic carbocycles. The first-order chi connectivity index (χ1) is 11.8. The Morgan fingerprint density at radius 2 is 1.92 bits per heavy atom. The van der Waals surface area contributed by atoms with Gasteiger partial charge in [0.25, 0.3) is 6.43 Å². The lowest BCUT2D eigenvalue weighted by Crippen LogP contribution is -2.17. The van der Waals surface area contributed by atoms with Crippen molar-refractivity contribution in [1.82, 2.24) is 0 Å². The highest BCUT2D eigenvalue weighted by Crippen LogP contribution is 2.41. The summed E-state index contributed by atoms with van der Waals surface area (Å²) >= 11 is 0.